The van der Waals surface area contributed by atoms with E-state index in [9.17, 15) is 4.79 Å². The van der Waals surface area contributed by atoms with Crippen molar-refractivity contribution in [1.82, 2.24) is 0 Å². The van der Waals surface area contributed by atoms with Crippen molar-refractivity contribution >= 4 is 11.7 Å². The smallest absolute Gasteiger partial charge is 0.324 e. The Hall–Kier alpha value is -1.75. The minimum atomic E-state index is -0.638. The van der Waals surface area contributed by atoms with Crippen LogP contribution in [0, 0.1) is 0 Å². The van der Waals surface area contributed by atoms with Gasteiger partial charge in [-0.25, -0.2) is 0 Å². The van der Waals surface area contributed by atoms with E-state index in [1.807, 2.05) is 24.3 Å². The van der Waals surface area contributed by atoms with Gasteiger partial charge < -0.3 is 20.1 Å². The largest absolute Gasteiger partial charge is 0.491 e. The molecular formula is C13H18N2O3. The van der Waals surface area contributed by atoms with Gasteiger partial charge >= 0.3 is 5.97 Å². The van der Waals surface area contributed by atoms with Crippen LogP contribution in [-0.2, 0) is 9.53 Å². The first-order valence-electron chi connectivity index (χ1n) is 6.02. The summed E-state index contributed by atoms with van der Waals surface area (Å²) in [6, 6.07) is 7.15. The fraction of sp³-hybridized carbons (Fsp3) is 0.462. The number of carbonyl (C=O) groups excluding carboxylic acids is 1. The average Bonchev–Trinajstić information content (AvgIpc) is 2.60. The predicted molar refractivity (Wildman–Crippen MR) is 68.8 cm³/mol. The number of rotatable bonds is 3. The summed E-state index contributed by atoms with van der Waals surface area (Å²) in [6.07, 6.45) is 0.905. The van der Waals surface area contributed by atoms with Crippen molar-refractivity contribution in [2.24, 2.45) is 5.73 Å². The molecule has 1 aromatic rings. The summed E-state index contributed by atoms with van der Waals surface area (Å²) in [5, 5.41) is 0. The Morgan fingerprint density at radius 1 is 1.56 bits per heavy atom. The van der Waals surface area contributed by atoms with E-state index in [-0.39, 0.29) is 0 Å². The number of nitrogens with zero attached hydrogens (tertiary/aromatic N) is 1. The van der Waals surface area contributed by atoms with Gasteiger partial charge in [-0.2, -0.15) is 0 Å². The number of fused-ring (bicyclic) bond motifs is 1. The molecule has 98 valence electrons. The first-order chi connectivity index (χ1) is 8.72. The lowest BCUT2D eigenvalue weighted by atomic mass is 10.2. The molecule has 1 aliphatic heterocycles. The van der Waals surface area contributed by atoms with E-state index >= 15 is 0 Å². The highest BCUT2D eigenvalue weighted by molar-refractivity contribution is 5.76. The Kier molecular flexibility index (Phi) is 4.04. The first-order valence-corrected chi connectivity index (χ1v) is 6.02. The third kappa shape index (κ3) is 2.73. The van der Waals surface area contributed by atoms with Crippen LogP contribution in [0.4, 0.5) is 5.69 Å². The minimum absolute atomic E-state index is 0.391. The van der Waals surface area contributed by atoms with Gasteiger partial charge in [0.25, 0.3) is 0 Å². The fourth-order valence-electron chi connectivity index (χ4n) is 2.05. The molecule has 0 saturated carbocycles. The van der Waals surface area contributed by atoms with Crippen molar-refractivity contribution in [3.63, 3.8) is 0 Å². The molecule has 0 aliphatic carbocycles. The van der Waals surface area contributed by atoms with Crippen LogP contribution in [0.1, 0.15) is 6.42 Å². The normalized spacial score (nSPS) is 16.2. The summed E-state index contributed by atoms with van der Waals surface area (Å²) < 4.78 is 10.3. The minimum Gasteiger partial charge on any atom is -0.491 e. The summed E-state index contributed by atoms with van der Waals surface area (Å²) in [4.78, 5) is 13.5. The molecule has 1 unspecified atom stereocenters. The van der Waals surface area contributed by atoms with Gasteiger partial charge in [-0.15, -0.1) is 0 Å². The number of ether oxygens (including phenoxy) is 2. The second-order valence-electron chi connectivity index (χ2n) is 4.25. The highest BCUT2D eigenvalue weighted by Gasteiger charge is 2.21. The van der Waals surface area contributed by atoms with E-state index in [1.54, 1.807) is 0 Å². The van der Waals surface area contributed by atoms with Gasteiger partial charge in [0.1, 0.15) is 11.8 Å². The molecular weight excluding hydrogens is 232 g/mol. The number of benzene rings is 1. The molecule has 2 N–H and O–H groups in total. The van der Waals surface area contributed by atoms with Crippen molar-refractivity contribution in [3.8, 4) is 5.75 Å². The number of anilines is 1. The quantitative estimate of drug-likeness (QED) is 0.803. The summed E-state index contributed by atoms with van der Waals surface area (Å²) in [5.74, 6) is 0.449. The molecule has 1 aromatic carbocycles. The number of nitrogens with two attached hydrogens (primary N) is 1. The zero-order chi connectivity index (χ0) is 13.0. The molecule has 2 rings (SSSR count). The second-order valence-corrected chi connectivity index (χ2v) is 4.25. The lowest BCUT2D eigenvalue weighted by Gasteiger charge is -2.25. The van der Waals surface area contributed by atoms with Gasteiger partial charge in [0.15, 0.2) is 0 Å². The van der Waals surface area contributed by atoms with Crippen LogP contribution >= 0.6 is 0 Å². The molecule has 0 radical (unpaired) electrons. The molecule has 1 aliphatic rings. The van der Waals surface area contributed by atoms with Gasteiger partial charge in [0.05, 0.1) is 19.4 Å². The number of methoxy groups -OCH3 is 1. The second kappa shape index (κ2) is 5.73. The standard InChI is InChI=1S/C13H18N2O3/c1-17-13(16)10(14)9-15-7-4-8-18-12-6-3-2-5-11(12)15/h2-3,5-6,10H,4,7-9,14H2,1H3. The molecule has 5 heteroatoms. The molecule has 18 heavy (non-hydrogen) atoms. The monoisotopic (exact) mass is 250 g/mol. The van der Waals surface area contributed by atoms with Gasteiger partial charge in [0, 0.05) is 13.1 Å². The molecule has 0 saturated heterocycles. The first kappa shape index (κ1) is 12.7. The maximum Gasteiger partial charge on any atom is 0.324 e. The number of carbonyl (C=O) groups is 1. The molecule has 0 fully saturated rings. The highest BCUT2D eigenvalue weighted by Crippen LogP contribution is 2.30. The van der Waals surface area contributed by atoms with Gasteiger partial charge in [-0.1, -0.05) is 12.1 Å². The molecule has 1 atom stereocenters. The van der Waals surface area contributed by atoms with Crippen LogP contribution in [0.5, 0.6) is 5.75 Å². The lowest BCUT2D eigenvalue weighted by Crippen LogP contribution is -2.43. The number of para-hydroxylation sites is 2. The molecule has 0 aromatic heterocycles. The number of hydrogen-bond donors (Lipinski definition) is 1. The third-order valence-corrected chi connectivity index (χ3v) is 2.96. The van der Waals surface area contributed by atoms with Crippen molar-refractivity contribution in [3.05, 3.63) is 24.3 Å². The highest BCUT2D eigenvalue weighted by atomic mass is 16.5. The van der Waals surface area contributed by atoms with Crippen molar-refractivity contribution in [2.75, 3.05) is 31.7 Å². The summed E-state index contributed by atoms with van der Waals surface area (Å²) >= 11 is 0. The maximum absolute atomic E-state index is 11.4. The number of esters is 1. The molecule has 0 spiro atoms. The van der Waals surface area contributed by atoms with E-state index < -0.39 is 12.0 Å². The third-order valence-electron chi connectivity index (χ3n) is 2.96. The molecule has 0 amide bonds. The van der Waals surface area contributed by atoms with E-state index in [1.165, 1.54) is 7.11 Å². The maximum atomic E-state index is 11.4. The van der Waals surface area contributed by atoms with Crippen LogP contribution in [0.2, 0.25) is 0 Å². The zero-order valence-corrected chi connectivity index (χ0v) is 10.5. The topological polar surface area (TPSA) is 64.8 Å². The Morgan fingerprint density at radius 3 is 3.11 bits per heavy atom. The Bertz CT molecular complexity index is 422. The van der Waals surface area contributed by atoms with Crippen molar-refractivity contribution in [2.45, 2.75) is 12.5 Å². The van der Waals surface area contributed by atoms with E-state index in [2.05, 4.69) is 9.64 Å². The molecule has 5 nitrogen and oxygen atoms in total. The summed E-state index contributed by atoms with van der Waals surface area (Å²) in [7, 11) is 1.35. The van der Waals surface area contributed by atoms with Gasteiger partial charge in [0.2, 0.25) is 0 Å². The molecule has 1 heterocycles. The zero-order valence-electron chi connectivity index (χ0n) is 10.5. The Labute approximate surface area is 106 Å². The van der Waals surface area contributed by atoms with Crippen LogP contribution in [0.15, 0.2) is 24.3 Å². The summed E-state index contributed by atoms with van der Waals surface area (Å²) in [5.41, 5.74) is 6.79. The Morgan fingerprint density at radius 2 is 2.33 bits per heavy atom. The Balaban J connectivity index is 2.15. The van der Waals surface area contributed by atoms with Gasteiger partial charge in [-0.3, -0.25) is 4.79 Å². The van der Waals surface area contributed by atoms with Crippen LogP contribution in [0.3, 0.4) is 0 Å². The van der Waals surface area contributed by atoms with E-state index in [0.717, 1.165) is 24.4 Å². The van der Waals surface area contributed by atoms with Crippen LogP contribution in [0.25, 0.3) is 0 Å². The van der Waals surface area contributed by atoms with E-state index in [4.69, 9.17) is 10.5 Å². The van der Waals surface area contributed by atoms with Crippen molar-refractivity contribution in [1.29, 1.82) is 0 Å². The molecule has 0 bridgehead atoms. The van der Waals surface area contributed by atoms with Crippen LogP contribution in [-0.4, -0.2) is 38.8 Å². The predicted octanol–water partition coefficient (Wildman–Crippen LogP) is 0.776. The SMILES string of the molecule is COC(=O)C(N)CN1CCCOc2ccccc21. The average molecular weight is 250 g/mol. The number of hydrogen-bond acceptors (Lipinski definition) is 5. The van der Waals surface area contributed by atoms with E-state index in [0.29, 0.717) is 13.2 Å². The summed E-state index contributed by atoms with van der Waals surface area (Å²) in [6.45, 7) is 1.94. The van der Waals surface area contributed by atoms with Crippen LogP contribution < -0.4 is 15.4 Å². The van der Waals surface area contributed by atoms with Crippen molar-refractivity contribution < 1.29 is 14.3 Å². The lowest BCUT2D eigenvalue weighted by molar-refractivity contribution is -0.141. The van der Waals surface area contributed by atoms with Gasteiger partial charge in [-0.05, 0) is 18.6 Å². The fourth-order valence-corrected chi connectivity index (χ4v) is 2.05.